The summed E-state index contributed by atoms with van der Waals surface area (Å²) in [6.07, 6.45) is 2.16. The number of phenolic OH excluding ortho intramolecular Hbond substituents is 1. The van der Waals surface area contributed by atoms with Crippen LogP contribution in [0.1, 0.15) is 30.9 Å². The number of aromatic hydroxyl groups is 1. The zero-order valence-corrected chi connectivity index (χ0v) is 10.7. The second-order valence-electron chi connectivity index (χ2n) is 4.48. The Morgan fingerprint density at radius 1 is 1.56 bits per heavy atom. The van der Waals surface area contributed by atoms with E-state index in [2.05, 4.69) is 0 Å². The largest absolute Gasteiger partial charge is 0.508 e. The molecule has 1 unspecified atom stereocenters. The fraction of sp³-hybridized carbons (Fsp3) is 0.500. The highest BCUT2D eigenvalue weighted by atomic mass is 16.6. The molecule has 1 fully saturated rings. The van der Waals surface area contributed by atoms with Crippen LogP contribution in [0, 0.1) is 0 Å². The van der Waals surface area contributed by atoms with E-state index in [0.717, 1.165) is 18.4 Å². The van der Waals surface area contributed by atoms with Crippen LogP contribution < -0.4 is 0 Å². The Kier molecular flexibility index (Phi) is 3.57. The van der Waals surface area contributed by atoms with Gasteiger partial charge in [0.1, 0.15) is 5.75 Å². The van der Waals surface area contributed by atoms with Crippen LogP contribution in [0.4, 0.5) is 0 Å². The molecule has 0 saturated carbocycles. The first-order valence-corrected chi connectivity index (χ1v) is 6.19. The molecule has 1 saturated heterocycles. The lowest BCUT2D eigenvalue weighted by Crippen LogP contribution is -2.36. The van der Waals surface area contributed by atoms with E-state index in [4.69, 9.17) is 9.47 Å². The molecular formula is C14H18O4. The second-order valence-corrected chi connectivity index (χ2v) is 4.48. The molecule has 0 aromatic heterocycles. The maximum atomic E-state index is 12.0. The van der Waals surface area contributed by atoms with Gasteiger partial charge in [-0.25, -0.2) is 4.79 Å². The first-order chi connectivity index (χ1) is 8.64. The fourth-order valence-corrected chi connectivity index (χ4v) is 2.41. The van der Waals surface area contributed by atoms with Crippen molar-refractivity contribution in [3.05, 3.63) is 29.3 Å². The predicted molar refractivity (Wildman–Crippen MR) is 66.4 cm³/mol. The molecule has 1 aromatic carbocycles. The van der Waals surface area contributed by atoms with Crippen molar-refractivity contribution in [3.8, 4) is 5.75 Å². The van der Waals surface area contributed by atoms with Crippen LogP contribution in [0.3, 0.4) is 0 Å². The van der Waals surface area contributed by atoms with E-state index in [9.17, 15) is 9.90 Å². The van der Waals surface area contributed by atoms with E-state index in [1.54, 1.807) is 6.07 Å². The molecule has 4 nitrogen and oxygen atoms in total. The van der Waals surface area contributed by atoms with Crippen molar-refractivity contribution in [2.75, 3.05) is 13.7 Å². The van der Waals surface area contributed by atoms with Crippen LogP contribution in [0.25, 0.3) is 0 Å². The van der Waals surface area contributed by atoms with Crippen LogP contribution in [0.5, 0.6) is 5.75 Å². The van der Waals surface area contributed by atoms with Gasteiger partial charge in [-0.3, -0.25) is 0 Å². The van der Waals surface area contributed by atoms with Gasteiger partial charge >= 0.3 is 5.97 Å². The Hall–Kier alpha value is -1.55. The van der Waals surface area contributed by atoms with Crippen LogP contribution in [0.2, 0.25) is 0 Å². The highest BCUT2D eigenvalue weighted by molar-refractivity contribution is 5.82. The molecule has 1 aromatic rings. The van der Waals surface area contributed by atoms with Gasteiger partial charge in [-0.15, -0.1) is 0 Å². The van der Waals surface area contributed by atoms with Gasteiger partial charge in [0.05, 0.1) is 7.11 Å². The molecule has 0 bridgehead atoms. The number of hydrogen-bond donors (Lipinski definition) is 1. The van der Waals surface area contributed by atoms with Gasteiger partial charge in [0.25, 0.3) is 0 Å². The minimum Gasteiger partial charge on any atom is -0.508 e. The third kappa shape index (κ3) is 1.97. The minimum absolute atomic E-state index is 0.0829. The summed E-state index contributed by atoms with van der Waals surface area (Å²) < 4.78 is 10.5. The maximum Gasteiger partial charge on any atom is 0.342 e. The molecule has 0 radical (unpaired) electrons. The van der Waals surface area contributed by atoms with E-state index in [1.807, 2.05) is 19.1 Å². The number of carbonyl (C=O) groups excluding carboxylic acids is 1. The number of aryl methyl sites for hydroxylation is 1. The molecule has 1 aliphatic heterocycles. The zero-order valence-electron chi connectivity index (χ0n) is 10.7. The van der Waals surface area contributed by atoms with Gasteiger partial charge < -0.3 is 14.6 Å². The lowest BCUT2D eigenvalue weighted by atomic mass is 9.88. The highest BCUT2D eigenvalue weighted by Gasteiger charge is 2.47. The summed E-state index contributed by atoms with van der Waals surface area (Å²) in [6.45, 7) is 2.53. The molecule has 2 rings (SSSR count). The molecule has 1 aliphatic rings. The standard InChI is InChI=1S/C14H18O4/c1-3-10-5-6-12(15)11(9-10)14(13(16)17-2)7-4-8-18-14/h5-6,9,15H,3-4,7-8H2,1-2H3. The number of rotatable bonds is 3. The molecule has 0 amide bonds. The Morgan fingerprint density at radius 3 is 2.89 bits per heavy atom. The van der Waals surface area contributed by atoms with Gasteiger partial charge in [-0.1, -0.05) is 13.0 Å². The third-order valence-corrected chi connectivity index (χ3v) is 3.44. The Balaban J connectivity index is 2.52. The second kappa shape index (κ2) is 4.98. The first-order valence-electron chi connectivity index (χ1n) is 6.19. The van der Waals surface area contributed by atoms with E-state index < -0.39 is 11.6 Å². The van der Waals surface area contributed by atoms with Crippen molar-refractivity contribution in [3.63, 3.8) is 0 Å². The minimum atomic E-state index is -1.13. The summed E-state index contributed by atoms with van der Waals surface area (Å²) in [4.78, 5) is 12.0. The van der Waals surface area contributed by atoms with E-state index in [1.165, 1.54) is 7.11 Å². The lowest BCUT2D eigenvalue weighted by Gasteiger charge is -2.26. The van der Waals surface area contributed by atoms with Gasteiger partial charge in [0.2, 0.25) is 0 Å². The molecule has 1 N–H and O–H groups in total. The molecule has 1 heterocycles. The first kappa shape index (κ1) is 12.9. The topological polar surface area (TPSA) is 55.8 Å². The number of phenols is 1. The van der Waals surface area contributed by atoms with E-state index in [-0.39, 0.29) is 5.75 Å². The van der Waals surface area contributed by atoms with E-state index >= 15 is 0 Å². The van der Waals surface area contributed by atoms with Crippen LogP contribution >= 0.6 is 0 Å². The monoisotopic (exact) mass is 250 g/mol. The predicted octanol–water partition coefficient (Wildman–Crippen LogP) is 2.13. The van der Waals surface area contributed by atoms with Crippen molar-refractivity contribution >= 4 is 5.97 Å². The molecule has 18 heavy (non-hydrogen) atoms. The zero-order chi connectivity index (χ0) is 13.2. The Bertz CT molecular complexity index is 447. The third-order valence-electron chi connectivity index (χ3n) is 3.44. The number of hydrogen-bond acceptors (Lipinski definition) is 4. The smallest absolute Gasteiger partial charge is 0.342 e. The molecule has 98 valence electrons. The average molecular weight is 250 g/mol. The summed E-state index contributed by atoms with van der Waals surface area (Å²) >= 11 is 0. The van der Waals surface area contributed by atoms with Gasteiger partial charge in [0, 0.05) is 12.2 Å². The number of methoxy groups -OCH3 is 1. The van der Waals surface area contributed by atoms with Crippen LogP contribution in [-0.2, 0) is 26.3 Å². The number of benzene rings is 1. The molecule has 4 heteroatoms. The summed E-state index contributed by atoms with van der Waals surface area (Å²) in [5.74, 6) is -0.358. The summed E-state index contributed by atoms with van der Waals surface area (Å²) in [7, 11) is 1.34. The van der Waals surface area contributed by atoms with Gasteiger partial charge in [-0.05, 0) is 37.0 Å². The lowest BCUT2D eigenvalue weighted by molar-refractivity contribution is -0.165. The van der Waals surface area contributed by atoms with Crippen LogP contribution in [-0.4, -0.2) is 24.8 Å². The maximum absolute atomic E-state index is 12.0. The quantitative estimate of drug-likeness (QED) is 0.835. The van der Waals surface area contributed by atoms with E-state index in [0.29, 0.717) is 18.6 Å². The van der Waals surface area contributed by atoms with Crippen molar-refractivity contribution in [1.82, 2.24) is 0 Å². The van der Waals surface area contributed by atoms with Gasteiger partial charge in [-0.2, -0.15) is 0 Å². The Morgan fingerprint density at radius 2 is 2.33 bits per heavy atom. The van der Waals surface area contributed by atoms with Crippen molar-refractivity contribution in [1.29, 1.82) is 0 Å². The number of carbonyl (C=O) groups is 1. The van der Waals surface area contributed by atoms with Crippen molar-refractivity contribution in [2.24, 2.45) is 0 Å². The molecule has 0 spiro atoms. The molecular weight excluding hydrogens is 232 g/mol. The average Bonchev–Trinajstić information content (AvgIpc) is 2.89. The summed E-state index contributed by atoms with van der Waals surface area (Å²) in [5.41, 5.74) is 0.442. The summed E-state index contributed by atoms with van der Waals surface area (Å²) in [6, 6.07) is 5.29. The van der Waals surface area contributed by atoms with Gasteiger partial charge in [0.15, 0.2) is 5.60 Å². The molecule has 0 aliphatic carbocycles. The fourth-order valence-electron chi connectivity index (χ4n) is 2.41. The summed E-state index contributed by atoms with van der Waals surface area (Å²) in [5, 5.41) is 10.0. The normalized spacial score (nSPS) is 23.0. The number of esters is 1. The molecule has 1 atom stereocenters. The van der Waals surface area contributed by atoms with Crippen LogP contribution in [0.15, 0.2) is 18.2 Å². The Labute approximate surface area is 107 Å². The highest BCUT2D eigenvalue weighted by Crippen LogP contribution is 2.41. The SMILES string of the molecule is CCc1ccc(O)c(C2(C(=O)OC)CCCO2)c1. The number of ether oxygens (including phenoxy) is 2. The van der Waals surface area contributed by atoms with Crippen molar-refractivity contribution < 1.29 is 19.4 Å². The van der Waals surface area contributed by atoms with Crippen molar-refractivity contribution in [2.45, 2.75) is 31.8 Å².